The Morgan fingerprint density at radius 3 is 2.52 bits per heavy atom. The van der Waals surface area contributed by atoms with E-state index in [9.17, 15) is 0 Å². The Balaban J connectivity index is 1.31. The van der Waals surface area contributed by atoms with Crippen LogP contribution in [0.25, 0.3) is 0 Å². The number of piperidine rings is 1. The maximum absolute atomic E-state index is 5.92. The lowest BCUT2D eigenvalue weighted by Crippen LogP contribution is -2.27. The largest absolute Gasteiger partial charge is 0.367 e. The van der Waals surface area contributed by atoms with Gasteiger partial charge >= 0.3 is 0 Å². The minimum atomic E-state index is 0.552. The van der Waals surface area contributed by atoms with Gasteiger partial charge in [0, 0.05) is 25.7 Å². The van der Waals surface area contributed by atoms with Gasteiger partial charge < -0.3 is 5.32 Å². The lowest BCUT2D eigenvalue weighted by Gasteiger charge is -2.20. The zero-order valence-electron chi connectivity index (χ0n) is 11.7. The summed E-state index contributed by atoms with van der Waals surface area (Å²) in [6.45, 7) is 3.42. The van der Waals surface area contributed by atoms with E-state index in [1.54, 1.807) is 0 Å². The van der Waals surface area contributed by atoms with E-state index in [1.165, 1.54) is 18.7 Å². The van der Waals surface area contributed by atoms with Crippen LogP contribution in [-0.4, -0.2) is 29.0 Å². The second kappa shape index (κ2) is 5.32. The molecule has 1 aromatic heterocycles. The van der Waals surface area contributed by atoms with Gasteiger partial charge in [-0.05, 0) is 29.5 Å². The van der Waals surface area contributed by atoms with Crippen LogP contribution in [0.2, 0.25) is 5.15 Å². The normalized spacial score (nSPS) is 27.4. The Hall–Kier alpha value is -1.58. The number of nitrogens with zero attached hydrogens (tertiary/aromatic N) is 2. The van der Waals surface area contributed by atoms with Crippen LogP contribution in [0.5, 0.6) is 0 Å². The molecule has 1 aliphatic carbocycles. The summed E-state index contributed by atoms with van der Waals surface area (Å²) in [6, 6.07) is 17.0. The first-order chi connectivity index (χ1) is 10.3. The van der Waals surface area contributed by atoms with Gasteiger partial charge in [0.2, 0.25) is 0 Å². The van der Waals surface area contributed by atoms with Crippen molar-refractivity contribution in [3.63, 3.8) is 0 Å². The maximum atomic E-state index is 5.92. The number of aromatic nitrogens is 1. The number of pyridine rings is 1. The molecule has 2 unspecified atom stereocenters. The summed E-state index contributed by atoms with van der Waals surface area (Å²) < 4.78 is 0. The molecular formula is C17H18ClN3. The Labute approximate surface area is 129 Å². The van der Waals surface area contributed by atoms with Crippen molar-refractivity contribution in [3.05, 3.63) is 59.2 Å². The summed E-state index contributed by atoms with van der Waals surface area (Å²) in [5, 5.41) is 4.07. The lowest BCUT2D eigenvalue weighted by molar-refractivity contribution is 0.292. The van der Waals surface area contributed by atoms with Crippen molar-refractivity contribution in [2.45, 2.75) is 12.6 Å². The van der Waals surface area contributed by atoms with Gasteiger partial charge in [-0.1, -0.05) is 48.0 Å². The standard InChI is InChI=1S/C17H18ClN3/c18-15-7-4-8-16(19-15)20-17-13-10-21(11-14(13)17)9-12-5-2-1-3-6-12/h1-8,13-14,17H,9-11H2,(H,19,20). The van der Waals surface area contributed by atoms with E-state index in [0.717, 1.165) is 24.2 Å². The van der Waals surface area contributed by atoms with Crippen molar-refractivity contribution in [1.29, 1.82) is 0 Å². The zero-order chi connectivity index (χ0) is 14.2. The number of benzene rings is 1. The molecule has 1 saturated heterocycles. The number of anilines is 1. The molecule has 4 heteroatoms. The topological polar surface area (TPSA) is 28.2 Å². The van der Waals surface area contributed by atoms with E-state index >= 15 is 0 Å². The highest BCUT2D eigenvalue weighted by Crippen LogP contribution is 2.47. The molecule has 2 aromatic rings. The lowest BCUT2D eigenvalue weighted by atomic mass is 10.2. The van der Waals surface area contributed by atoms with Gasteiger partial charge in [0.1, 0.15) is 11.0 Å². The second-order valence-electron chi connectivity index (χ2n) is 6.02. The van der Waals surface area contributed by atoms with Crippen LogP contribution >= 0.6 is 11.6 Å². The summed E-state index contributed by atoms with van der Waals surface area (Å²) in [7, 11) is 0. The number of hydrogen-bond donors (Lipinski definition) is 1. The van der Waals surface area contributed by atoms with Gasteiger partial charge in [-0.15, -0.1) is 0 Å². The first-order valence-electron chi connectivity index (χ1n) is 7.45. The van der Waals surface area contributed by atoms with Crippen LogP contribution in [0.3, 0.4) is 0 Å². The van der Waals surface area contributed by atoms with Gasteiger partial charge in [0.15, 0.2) is 0 Å². The van der Waals surface area contributed by atoms with Gasteiger partial charge in [-0.3, -0.25) is 4.90 Å². The molecule has 4 rings (SSSR count). The van der Waals surface area contributed by atoms with Crippen LogP contribution in [-0.2, 0) is 6.54 Å². The van der Waals surface area contributed by atoms with Crippen LogP contribution in [0.4, 0.5) is 5.82 Å². The fourth-order valence-electron chi connectivity index (χ4n) is 3.46. The van der Waals surface area contributed by atoms with Gasteiger partial charge in [0.25, 0.3) is 0 Å². The highest BCUT2D eigenvalue weighted by Gasteiger charge is 2.55. The highest BCUT2D eigenvalue weighted by atomic mass is 35.5. The third-order valence-corrected chi connectivity index (χ3v) is 4.76. The zero-order valence-corrected chi connectivity index (χ0v) is 12.5. The van der Waals surface area contributed by atoms with Crippen LogP contribution < -0.4 is 5.32 Å². The molecule has 2 atom stereocenters. The van der Waals surface area contributed by atoms with Crippen molar-refractivity contribution in [2.75, 3.05) is 18.4 Å². The smallest absolute Gasteiger partial charge is 0.131 e. The van der Waals surface area contributed by atoms with Crippen LogP contribution in [0.1, 0.15) is 5.56 Å². The van der Waals surface area contributed by atoms with Crippen molar-refractivity contribution >= 4 is 17.4 Å². The number of likely N-dealkylation sites (tertiary alicyclic amines) is 1. The average molecular weight is 300 g/mol. The number of nitrogens with one attached hydrogen (secondary N) is 1. The average Bonchev–Trinajstić information content (AvgIpc) is 2.94. The molecule has 0 radical (unpaired) electrons. The minimum Gasteiger partial charge on any atom is -0.367 e. The van der Waals surface area contributed by atoms with E-state index in [2.05, 4.69) is 45.5 Å². The van der Waals surface area contributed by atoms with E-state index in [4.69, 9.17) is 11.6 Å². The second-order valence-corrected chi connectivity index (χ2v) is 6.41. The predicted molar refractivity (Wildman–Crippen MR) is 85.4 cm³/mol. The van der Waals surface area contributed by atoms with E-state index in [-0.39, 0.29) is 0 Å². The molecule has 2 aliphatic rings. The molecule has 1 aromatic carbocycles. The number of rotatable bonds is 4. The quantitative estimate of drug-likeness (QED) is 0.878. The third kappa shape index (κ3) is 2.76. The minimum absolute atomic E-state index is 0.552. The fourth-order valence-corrected chi connectivity index (χ4v) is 3.62. The summed E-state index contributed by atoms with van der Waals surface area (Å²) in [5.41, 5.74) is 1.40. The Bertz CT molecular complexity index is 619. The summed E-state index contributed by atoms with van der Waals surface area (Å²) in [4.78, 5) is 6.86. The molecule has 0 spiro atoms. The molecule has 0 bridgehead atoms. The van der Waals surface area contributed by atoms with Crippen LogP contribution in [0.15, 0.2) is 48.5 Å². The third-order valence-electron chi connectivity index (χ3n) is 4.55. The van der Waals surface area contributed by atoms with Crippen molar-refractivity contribution in [1.82, 2.24) is 9.88 Å². The Morgan fingerprint density at radius 2 is 1.81 bits per heavy atom. The van der Waals surface area contributed by atoms with Gasteiger partial charge in [-0.25, -0.2) is 4.98 Å². The summed E-state index contributed by atoms with van der Waals surface area (Å²) in [5.74, 6) is 2.42. The fraction of sp³-hybridized carbons (Fsp3) is 0.353. The van der Waals surface area contributed by atoms with Crippen molar-refractivity contribution < 1.29 is 0 Å². The molecule has 1 saturated carbocycles. The molecular weight excluding hydrogens is 282 g/mol. The predicted octanol–water partition coefficient (Wildman–Crippen LogP) is 3.28. The molecule has 1 aliphatic heterocycles. The maximum Gasteiger partial charge on any atom is 0.131 e. The SMILES string of the molecule is Clc1cccc(NC2C3CN(Cc4ccccc4)CC32)n1. The molecule has 2 fully saturated rings. The number of fused-ring (bicyclic) bond motifs is 1. The Morgan fingerprint density at radius 1 is 1.05 bits per heavy atom. The van der Waals surface area contributed by atoms with Crippen LogP contribution in [0, 0.1) is 11.8 Å². The number of hydrogen-bond acceptors (Lipinski definition) is 3. The highest BCUT2D eigenvalue weighted by molar-refractivity contribution is 6.29. The first kappa shape index (κ1) is 13.1. The number of halogens is 1. The molecule has 0 amide bonds. The summed E-state index contributed by atoms with van der Waals surface area (Å²) >= 11 is 5.92. The monoisotopic (exact) mass is 299 g/mol. The Kier molecular flexibility index (Phi) is 3.32. The molecule has 21 heavy (non-hydrogen) atoms. The molecule has 2 heterocycles. The van der Waals surface area contributed by atoms with E-state index in [1.807, 2.05) is 18.2 Å². The van der Waals surface area contributed by atoms with Crippen molar-refractivity contribution in [3.8, 4) is 0 Å². The van der Waals surface area contributed by atoms with E-state index in [0.29, 0.717) is 11.2 Å². The molecule has 3 nitrogen and oxygen atoms in total. The van der Waals surface area contributed by atoms with Crippen molar-refractivity contribution in [2.24, 2.45) is 11.8 Å². The first-order valence-corrected chi connectivity index (χ1v) is 7.83. The molecule has 1 N–H and O–H groups in total. The molecule has 108 valence electrons. The van der Waals surface area contributed by atoms with Gasteiger partial charge in [0.05, 0.1) is 0 Å². The summed E-state index contributed by atoms with van der Waals surface area (Å²) in [6.07, 6.45) is 0. The van der Waals surface area contributed by atoms with E-state index < -0.39 is 0 Å². The van der Waals surface area contributed by atoms with Gasteiger partial charge in [-0.2, -0.15) is 0 Å².